The van der Waals surface area contributed by atoms with Crippen molar-refractivity contribution in [1.82, 2.24) is 4.98 Å². The highest BCUT2D eigenvalue weighted by atomic mass is 19.4. The van der Waals surface area contributed by atoms with Crippen molar-refractivity contribution in [3.05, 3.63) is 17.7 Å². The fraction of sp³-hybridized carbons (Fsp3) is 0.500. The molecule has 1 amide bonds. The minimum atomic E-state index is -4.48. The summed E-state index contributed by atoms with van der Waals surface area (Å²) < 4.78 is 38.5. The quantitative estimate of drug-likeness (QED) is 0.573. The van der Waals surface area contributed by atoms with Crippen LogP contribution in [0.4, 0.5) is 24.8 Å². The van der Waals surface area contributed by atoms with Gasteiger partial charge in [0.1, 0.15) is 11.6 Å². The van der Waals surface area contributed by atoms with Crippen molar-refractivity contribution in [3.63, 3.8) is 0 Å². The first-order chi connectivity index (χ1) is 9.81. The number of rotatable bonds is 3. The fourth-order valence-corrected chi connectivity index (χ4v) is 2.31. The summed E-state index contributed by atoms with van der Waals surface area (Å²) in [5.41, 5.74) is 6.54. The molecule has 6 nitrogen and oxygen atoms in total. The van der Waals surface area contributed by atoms with Crippen LogP contribution in [0.2, 0.25) is 0 Å². The van der Waals surface area contributed by atoms with E-state index in [1.807, 2.05) is 0 Å². The van der Waals surface area contributed by atoms with Gasteiger partial charge in [-0.25, -0.2) is 10.8 Å². The molecule has 0 unspecified atom stereocenters. The van der Waals surface area contributed by atoms with E-state index in [-0.39, 0.29) is 23.5 Å². The van der Waals surface area contributed by atoms with Crippen LogP contribution in [0.1, 0.15) is 18.4 Å². The van der Waals surface area contributed by atoms with Crippen molar-refractivity contribution < 1.29 is 18.0 Å². The highest BCUT2D eigenvalue weighted by molar-refractivity contribution is 5.77. The van der Waals surface area contributed by atoms with Crippen LogP contribution >= 0.6 is 0 Å². The van der Waals surface area contributed by atoms with Gasteiger partial charge in [0.15, 0.2) is 0 Å². The molecule has 1 aromatic rings. The number of alkyl halides is 3. The second-order valence-corrected chi connectivity index (χ2v) is 4.91. The number of nitrogen functional groups attached to an aromatic ring is 1. The van der Waals surface area contributed by atoms with Gasteiger partial charge in [-0.05, 0) is 25.0 Å². The third-order valence-corrected chi connectivity index (χ3v) is 3.51. The maximum atomic E-state index is 12.8. The summed E-state index contributed by atoms with van der Waals surface area (Å²) >= 11 is 0. The Hall–Kier alpha value is -2.03. The molecule has 1 saturated heterocycles. The third kappa shape index (κ3) is 3.54. The number of pyridine rings is 1. The van der Waals surface area contributed by atoms with Crippen LogP contribution in [0.5, 0.6) is 0 Å². The molecular formula is C12H16F3N5O. The predicted octanol–water partition coefficient (Wildman–Crippen LogP) is 1.09. The molecule has 0 radical (unpaired) electrons. The van der Waals surface area contributed by atoms with Crippen molar-refractivity contribution in [2.75, 3.05) is 23.4 Å². The lowest BCUT2D eigenvalue weighted by Crippen LogP contribution is -2.39. The number of aromatic nitrogens is 1. The summed E-state index contributed by atoms with van der Waals surface area (Å²) in [5.74, 6) is 4.67. The van der Waals surface area contributed by atoms with E-state index in [1.54, 1.807) is 4.90 Å². The average molecular weight is 303 g/mol. The average Bonchev–Trinajstić information content (AvgIpc) is 2.46. The van der Waals surface area contributed by atoms with Crippen LogP contribution in [-0.4, -0.2) is 24.0 Å². The second kappa shape index (κ2) is 5.76. The Kier molecular flexibility index (Phi) is 4.21. The minimum Gasteiger partial charge on any atom is -0.369 e. The molecule has 1 fully saturated rings. The van der Waals surface area contributed by atoms with Crippen LogP contribution < -0.4 is 21.9 Å². The number of hydrogen-bond donors (Lipinski definition) is 3. The molecule has 5 N–H and O–H groups in total. The van der Waals surface area contributed by atoms with E-state index in [1.165, 1.54) is 0 Å². The SMILES string of the molecule is NNc1cc(C(F)(F)F)cc(N2CCC(C(N)=O)CC2)n1. The number of nitrogens with one attached hydrogen (secondary N) is 1. The van der Waals surface area contributed by atoms with E-state index in [9.17, 15) is 18.0 Å². The Morgan fingerprint density at radius 3 is 2.43 bits per heavy atom. The molecule has 2 heterocycles. The van der Waals surface area contributed by atoms with E-state index in [0.29, 0.717) is 25.9 Å². The lowest BCUT2D eigenvalue weighted by molar-refractivity contribution is -0.137. The van der Waals surface area contributed by atoms with E-state index < -0.39 is 11.7 Å². The first-order valence-corrected chi connectivity index (χ1v) is 6.41. The third-order valence-electron chi connectivity index (χ3n) is 3.51. The predicted molar refractivity (Wildman–Crippen MR) is 71.2 cm³/mol. The minimum absolute atomic E-state index is 0.0585. The summed E-state index contributed by atoms with van der Waals surface area (Å²) in [6.07, 6.45) is -3.48. The standard InChI is InChI=1S/C12H16F3N5O/c13-12(14,15)8-5-9(19-17)18-10(6-8)20-3-1-7(2-4-20)11(16)21/h5-7H,1-4,17H2,(H2,16,21)(H,18,19). The molecule has 0 saturated carbocycles. The number of piperidine rings is 1. The number of carbonyl (C=O) groups excluding carboxylic acids is 1. The highest BCUT2D eigenvalue weighted by Gasteiger charge is 2.33. The molecule has 2 rings (SSSR count). The summed E-state index contributed by atoms with van der Waals surface area (Å²) in [4.78, 5) is 16.8. The van der Waals surface area contributed by atoms with Gasteiger partial charge in [-0.2, -0.15) is 13.2 Å². The zero-order chi connectivity index (χ0) is 15.6. The Bertz CT molecular complexity index is 526. The summed E-state index contributed by atoms with van der Waals surface area (Å²) in [6.45, 7) is 0.845. The van der Waals surface area contributed by atoms with Gasteiger partial charge in [-0.1, -0.05) is 0 Å². The number of hydrazine groups is 1. The first-order valence-electron chi connectivity index (χ1n) is 6.41. The molecule has 21 heavy (non-hydrogen) atoms. The molecular weight excluding hydrogens is 287 g/mol. The summed E-state index contributed by atoms with van der Waals surface area (Å²) in [7, 11) is 0. The molecule has 0 aliphatic carbocycles. The van der Waals surface area contributed by atoms with Crippen LogP contribution in [0, 0.1) is 5.92 Å². The number of anilines is 2. The molecule has 1 aliphatic rings. The molecule has 1 aliphatic heterocycles. The molecule has 9 heteroatoms. The van der Waals surface area contributed by atoms with Crippen LogP contribution in [0.25, 0.3) is 0 Å². The van der Waals surface area contributed by atoms with Crippen LogP contribution in [0.15, 0.2) is 12.1 Å². The zero-order valence-electron chi connectivity index (χ0n) is 11.2. The zero-order valence-corrected chi connectivity index (χ0v) is 11.2. The molecule has 1 aromatic heterocycles. The van der Waals surface area contributed by atoms with Gasteiger partial charge in [0, 0.05) is 19.0 Å². The van der Waals surface area contributed by atoms with Gasteiger partial charge in [0.2, 0.25) is 5.91 Å². The molecule has 0 spiro atoms. The maximum absolute atomic E-state index is 12.8. The largest absolute Gasteiger partial charge is 0.416 e. The summed E-state index contributed by atoms with van der Waals surface area (Å²) in [5, 5.41) is 0. The number of hydrogen-bond acceptors (Lipinski definition) is 5. The van der Waals surface area contributed by atoms with Crippen molar-refractivity contribution in [2.24, 2.45) is 17.5 Å². The molecule has 116 valence electrons. The van der Waals surface area contributed by atoms with Crippen LogP contribution in [-0.2, 0) is 11.0 Å². The lowest BCUT2D eigenvalue weighted by Gasteiger charge is -2.32. The van der Waals surface area contributed by atoms with Crippen molar-refractivity contribution in [3.8, 4) is 0 Å². The van der Waals surface area contributed by atoms with Gasteiger partial charge in [-0.15, -0.1) is 0 Å². The van der Waals surface area contributed by atoms with E-state index >= 15 is 0 Å². The Morgan fingerprint density at radius 2 is 1.95 bits per heavy atom. The fourth-order valence-electron chi connectivity index (χ4n) is 2.31. The number of carbonyl (C=O) groups is 1. The Morgan fingerprint density at radius 1 is 1.33 bits per heavy atom. The van der Waals surface area contributed by atoms with Crippen molar-refractivity contribution in [2.45, 2.75) is 19.0 Å². The monoisotopic (exact) mass is 303 g/mol. The van der Waals surface area contributed by atoms with Gasteiger partial charge in [0.25, 0.3) is 0 Å². The molecule has 0 aromatic carbocycles. The number of nitrogens with zero attached hydrogens (tertiary/aromatic N) is 2. The second-order valence-electron chi connectivity index (χ2n) is 4.91. The number of halogens is 3. The molecule has 0 bridgehead atoms. The van der Waals surface area contributed by atoms with Crippen LogP contribution in [0.3, 0.4) is 0 Å². The van der Waals surface area contributed by atoms with Gasteiger partial charge in [-0.3, -0.25) is 4.79 Å². The number of amides is 1. The number of nitrogens with two attached hydrogens (primary N) is 2. The van der Waals surface area contributed by atoms with Gasteiger partial charge in [0.05, 0.1) is 5.56 Å². The first kappa shape index (κ1) is 15.4. The van der Waals surface area contributed by atoms with Gasteiger partial charge < -0.3 is 16.1 Å². The van der Waals surface area contributed by atoms with Crippen molar-refractivity contribution in [1.29, 1.82) is 0 Å². The van der Waals surface area contributed by atoms with E-state index in [2.05, 4.69) is 10.4 Å². The normalized spacial score (nSPS) is 16.9. The topological polar surface area (TPSA) is 97.3 Å². The van der Waals surface area contributed by atoms with Gasteiger partial charge >= 0.3 is 6.18 Å². The van der Waals surface area contributed by atoms with Crippen molar-refractivity contribution >= 4 is 17.5 Å². The Balaban J connectivity index is 2.22. The summed E-state index contributed by atoms with van der Waals surface area (Å²) in [6, 6.07) is 1.82. The maximum Gasteiger partial charge on any atom is 0.416 e. The van der Waals surface area contributed by atoms with E-state index in [4.69, 9.17) is 11.6 Å². The number of primary amides is 1. The Labute approximate surface area is 119 Å². The smallest absolute Gasteiger partial charge is 0.369 e. The van der Waals surface area contributed by atoms with E-state index in [0.717, 1.165) is 12.1 Å². The molecule has 0 atom stereocenters. The lowest BCUT2D eigenvalue weighted by atomic mass is 9.96. The highest BCUT2D eigenvalue weighted by Crippen LogP contribution is 2.33.